The van der Waals surface area contributed by atoms with Gasteiger partial charge in [-0.1, -0.05) is 20.3 Å². The molecule has 0 bridgehead atoms. The highest BCUT2D eigenvalue weighted by Gasteiger charge is 2.18. The fraction of sp³-hybridized carbons (Fsp3) is 0.615. The van der Waals surface area contributed by atoms with Crippen LogP contribution in [0.2, 0.25) is 0 Å². The molecule has 0 radical (unpaired) electrons. The summed E-state index contributed by atoms with van der Waals surface area (Å²) in [5.41, 5.74) is 7.01. The van der Waals surface area contributed by atoms with Gasteiger partial charge in [0, 0.05) is 31.2 Å². The molecule has 18 heavy (non-hydrogen) atoms. The molecule has 2 aromatic heterocycles. The number of imidazole rings is 1. The molecule has 0 saturated heterocycles. The Morgan fingerprint density at radius 1 is 1.50 bits per heavy atom. The summed E-state index contributed by atoms with van der Waals surface area (Å²) in [7, 11) is 0. The highest BCUT2D eigenvalue weighted by molar-refractivity contribution is 7.15. The molecule has 0 aliphatic carbocycles. The van der Waals surface area contributed by atoms with Crippen molar-refractivity contribution in [1.29, 1.82) is 0 Å². The van der Waals surface area contributed by atoms with Crippen molar-refractivity contribution in [3.05, 3.63) is 17.3 Å². The smallest absolute Gasteiger partial charge is 0.195 e. The van der Waals surface area contributed by atoms with E-state index in [2.05, 4.69) is 41.6 Å². The average molecular weight is 266 g/mol. The molecule has 5 heteroatoms. The zero-order valence-corrected chi connectivity index (χ0v) is 12.2. The summed E-state index contributed by atoms with van der Waals surface area (Å²) >= 11 is 1.66. The monoisotopic (exact) mass is 266 g/mol. The highest BCUT2D eigenvalue weighted by atomic mass is 32.1. The molecule has 0 fully saturated rings. The zero-order valence-electron chi connectivity index (χ0n) is 11.4. The highest BCUT2D eigenvalue weighted by Crippen LogP contribution is 2.25. The molecule has 100 valence electrons. The molecule has 1 unspecified atom stereocenters. The number of nitrogens with two attached hydrogens (primary N) is 1. The van der Waals surface area contributed by atoms with Crippen molar-refractivity contribution in [3.63, 3.8) is 0 Å². The minimum Gasteiger partial charge on any atom is -0.355 e. The second kappa shape index (κ2) is 5.71. The summed E-state index contributed by atoms with van der Waals surface area (Å²) < 4.78 is 2.11. The maximum Gasteiger partial charge on any atom is 0.195 e. The first kappa shape index (κ1) is 13.4. The number of rotatable bonds is 6. The SMILES string of the molecule is CCC(C)CN(CC)c1nc2sccn2c1CN. The average Bonchev–Trinajstić information content (AvgIpc) is 2.95. The molecule has 0 amide bonds. The summed E-state index contributed by atoms with van der Waals surface area (Å²) in [6.07, 6.45) is 3.24. The third-order valence-corrected chi connectivity index (χ3v) is 4.20. The first-order valence-electron chi connectivity index (χ1n) is 6.60. The lowest BCUT2D eigenvalue weighted by Crippen LogP contribution is -2.29. The molecule has 0 aromatic carbocycles. The van der Waals surface area contributed by atoms with E-state index in [4.69, 9.17) is 10.7 Å². The number of hydrogen-bond acceptors (Lipinski definition) is 4. The Kier molecular flexibility index (Phi) is 4.24. The van der Waals surface area contributed by atoms with Gasteiger partial charge in [0.15, 0.2) is 10.8 Å². The van der Waals surface area contributed by atoms with Gasteiger partial charge in [-0.3, -0.25) is 4.40 Å². The Labute approximate surface area is 112 Å². The molecular weight excluding hydrogens is 244 g/mol. The molecule has 2 N–H and O–H groups in total. The van der Waals surface area contributed by atoms with Gasteiger partial charge in [-0.2, -0.15) is 0 Å². The van der Waals surface area contributed by atoms with Gasteiger partial charge < -0.3 is 10.6 Å². The Morgan fingerprint density at radius 3 is 2.89 bits per heavy atom. The second-order valence-electron chi connectivity index (χ2n) is 4.69. The summed E-state index contributed by atoms with van der Waals surface area (Å²) in [6.45, 7) is 9.24. The van der Waals surface area contributed by atoms with Gasteiger partial charge in [-0.15, -0.1) is 11.3 Å². The lowest BCUT2D eigenvalue weighted by molar-refractivity contribution is 0.545. The van der Waals surface area contributed by atoms with Crippen LogP contribution in [0.15, 0.2) is 11.6 Å². The first-order valence-corrected chi connectivity index (χ1v) is 7.48. The van der Waals surface area contributed by atoms with Gasteiger partial charge in [-0.05, 0) is 12.8 Å². The molecule has 4 nitrogen and oxygen atoms in total. The van der Waals surface area contributed by atoms with Crippen LogP contribution >= 0.6 is 11.3 Å². The van der Waals surface area contributed by atoms with Crippen LogP contribution in [0.1, 0.15) is 32.9 Å². The van der Waals surface area contributed by atoms with Gasteiger partial charge in [0.1, 0.15) is 0 Å². The van der Waals surface area contributed by atoms with E-state index in [1.807, 2.05) is 0 Å². The van der Waals surface area contributed by atoms with E-state index in [1.165, 1.54) is 6.42 Å². The molecule has 1 atom stereocenters. The predicted molar refractivity (Wildman–Crippen MR) is 78.3 cm³/mol. The Balaban J connectivity index is 2.34. The van der Waals surface area contributed by atoms with Crippen molar-refractivity contribution < 1.29 is 0 Å². The zero-order chi connectivity index (χ0) is 13.1. The van der Waals surface area contributed by atoms with Crippen LogP contribution in [-0.4, -0.2) is 22.5 Å². The van der Waals surface area contributed by atoms with Gasteiger partial charge >= 0.3 is 0 Å². The third-order valence-electron chi connectivity index (χ3n) is 3.44. The van der Waals surface area contributed by atoms with Crippen LogP contribution in [0.4, 0.5) is 5.82 Å². The van der Waals surface area contributed by atoms with Crippen LogP contribution in [0.3, 0.4) is 0 Å². The summed E-state index contributed by atoms with van der Waals surface area (Å²) in [5, 5.41) is 2.05. The summed E-state index contributed by atoms with van der Waals surface area (Å²) in [6, 6.07) is 0. The lowest BCUT2D eigenvalue weighted by atomic mass is 10.1. The van der Waals surface area contributed by atoms with Gasteiger partial charge in [0.25, 0.3) is 0 Å². The van der Waals surface area contributed by atoms with Crippen molar-refractivity contribution in [1.82, 2.24) is 9.38 Å². The molecule has 2 aromatic rings. The largest absolute Gasteiger partial charge is 0.355 e. The molecule has 0 aliphatic rings. The van der Waals surface area contributed by atoms with Gasteiger partial charge in [0.05, 0.1) is 5.69 Å². The lowest BCUT2D eigenvalue weighted by Gasteiger charge is -2.25. The third kappa shape index (κ3) is 2.37. The predicted octanol–water partition coefficient (Wildman–Crippen LogP) is 2.73. The maximum absolute atomic E-state index is 5.89. The van der Waals surface area contributed by atoms with E-state index in [-0.39, 0.29) is 0 Å². The Bertz CT molecular complexity index is 502. The van der Waals surface area contributed by atoms with Crippen LogP contribution < -0.4 is 10.6 Å². The number of fused-ring (bicyclic) bond motifs is 1. The molecule has 2 heterocycles. The molecular formula is C13H22N4S. The van der Waals surface area contributed by atoms with Crippen molar-refractivity contribution >= 4 is 22.1 Å². The fourth-order valence-corrected chi connectivity index (χ4v) is 2.86. The number of anilines is 1. The molecule has 0 spiro atoms. The standard InChI is InChI=1S/C13H22N4S/c1-4-10(3)9-16(5-2)12-11(8-14)17-6-7-18-13(17)15-12/h6-7,10H,4-5,8-9,14H2,1-3H3. The first-order chi connectivity index (χ1) is 8.71. The second-order valence-corrected chi connectivity index (χ2v) is 5.57. The number of aromatic nitrogens is 2. The molecule has 0 aliphatic heterocycles. The van der Waals surface area contributed by atoms with Gasteiger partial charge in [-0.25, -0.2) is 4.98 Å². The number of hydrogen-bond donors (Lipinski definition) is 1. The topological polar surface area (TPSA) is 46.6 Å². The summed E-state index contributed by atoms with van der Waals surface area (Å²) in [4.78, 5) is 8.11. The maximum atomic E-state index is 5.89. The quantitative estimate of drug-likeness (QED) is 0.874. The molecule has 2 rings (SSSR count). The number of thiazole rings is 1. The normalized spacial score (nSPS) is 13.1. The fourth-order valence-electron chi connectivity index (χ4n) is 2.13. The van der Waals surface area contributed by atoms with E-state index in [9.17, 15) is 0 Å². The molecule has 0 saturated carbocycles. The van der Waals surface area contributed by atoms with Crippen LogP contribution in [0, 0.1) is 5.92 Å². The number of nitrogens with zero attached hydrogens (tertiary/aromatic N) is 3. The summed E-state index contributed by atoms with van der Waals surface area (Å²) in [5.74, 6) is 1.74. The minimum absolute atomic E-state index is 0.532. The van der Waals surface area contributed by atoms with Crippen molar-refractivity contribution in [2.75, 3.05) is 18.0 Å². The van der Waals surface area contributed by atoms with Crippen molar-refractivity contribution in [2.45, 2.75) is 33.7 Å². The van der Waals surface area contributed by atoms with E-state index in [0.717, 1.165) is 29.6 Å². The van der Waals surface area contributed by atoms with E-state index in [1.54, 1.807) is 11.3 Å². The minimum atomic E-state index is 0.532. The Morgan fingerprint density at radius 2 is 2.28 bits per heavy atom. The van der Waals surface area contributed by atoms with E-state index in [0.29, 0.717) is 12.5 Å². The van der Waals surface area contributed by atoms with E-state index < -0.39 is 0 Å². The van der Waals surface area contributed by atoms with E-state index >= 15 is 0 Å². The van der Waals surface area contributed by atoms with Crippen LogP contribution in [0.5, 0.6) is 0 Å². The van der Waals surface area contributed by atoms with Crippen LogP contribution in [0.25, 0.3) is 4.96 Å². The van der Waals surface area contributed by atoms with Crippen LogP contribution in [-0.2, 0) is 6.54 Å². The Hall–Kier alpha value is -1.07. The van der Waals surface area contributed by atoms with Crippen molar-refractivity contribution in [2.24, 2.45) is 11.7 Å². The van der Waals surface area contributed by atoms with Crippen molar-refractivity contribution in [3.8, 4) is 0 Å². The van der Waals surface area contributed by atoms with Gasteiger partial charge in [0.2, 0.25) is 0 Å².